The summed E-state index contributed by atoms with van der Waals surface area (Å²) in [6.07, 6.45) is 11.4. The molecule has 0 saturated heterocycles. The van der Waals surface area contributed by atoms with E-state index in [0.29, 0.717) is 16.6 Å². The van der Waals surface area contributed by atoms with Crippen molar-refractivity contribution in [1.29, 1.82) is 5.26 Å². The van der Waals surface area contributed by atoms with Crippen LogP contribution in [0.2, 0.25) is 5.02 Å². The van der Waals surface area contributed by atoms with Crippen LogP contribution in [0.4, 0.5) is 0 Å². The van der Waals surface area contributed by atoms with Crippen molar-refractivity contribution in [3.63, 3.8) is 0 Å². The summed E-state index contributed by atoms with van der Waals surface area (Å²) in [5.41, 5.74) is 2.64. The van der Waals surface area contributed by atoms with Gasteiger partial charge in [-0.3, -0.25) is 0 Å². The number of rotatable bonds is 3. The molecule has 3 heteroatoms. The average molecular weight is 297 g/mol. The van der Waals surface area contributed by atoms with Crippen molar-refractivity contribution in [3.05, 3.63) is 58.9 Å². The lowest BCUT2D eigenvalue weighted by Crippen LogP contribution is -2.00. The Balaban J connectivity index is 1.85. The number of nitriles is 1. The lowest BCUT2D eigenvalue weighted by atomic mass is 10.1. The summed E-state index contributed by atoms with van der Waals surface area (Å²) in [5, 5.41) is 10.1. The van der Waals surface area contributed by atoms with E-state index in [1.165, 1.54) is 25.7 Å². The van der Waals surface area contributed by atoms with Gasteiger partial charge in [-0.25, -0.2) is 0 Å². The maximum Gasteiger partial charge on any atom is 0.0998 e. The van der Waals surface area contributed by atoms with E-state index < -0.39 is 0 Å². The quantitative estimate of drug-likeness (QED) is 0.705. The fourth-order valence-electron chi connectivity index (χ4n) is 2.92. The zero-order chi connectivity index (χ0) is 14.7. The average Bonchev–Trinajstić information content (AvgIpc) is 3.17. The van der Waals surface area contributed by atoms with Gasteiger partial charge in [0.2, 0.25) is 0 Å². The third-order valence-electron chi connectivity index (χ3n) is 4.07. The zero-order valence-electron chi connectivity index (χ0n) is 11.8. The second kappa shape index (κ2) is 6.20. The molecule has 1 aliphatic rings. The largest absolute Gasteiger partial charge is 0.351 e. The number of aromatic nitrogens is 1. The van der Waals surface area contributed by atoms with Gasteiger partial charge in [-0.15, -0.1) is 0 Å². The van der Waals surface area contributed by atoms with E-state index in [-0.39, 0.29) is 0 Å². The van der Waals surface area contributed by atoms with Gasteiger partial charge >= 0.3 is 0 Å². The molecule has 21 heavy (non-hydrogen) atoms. The second-order valence-corrected chi connectivity index (χ2v) is 5.94. The van der Waals surface area contributed by atoms with Gasteiger partial charge in [0, 0.05) is 23.5 Å². The van der Waals surface area contributed by atoms with Crippen LogP contribution in [0.15, 0.2) is 42.7 Å². The van der Waals surface area contributed by atoms with E-state index in [9.17, 15) is 5.26 Å². The van der Waals surface area contributed by atoms with Crippen LogP contribution in [-0.4, -0.2) is 4.57 Å². The minimum absolute atomic E-state index is 0.633. The van der Waals surface area contributed by atoms with Gasteiger partial charge in [-0.05, 0) is 48.2 Å². The molecule has 0 bridgehead atoms. The van der Waals surface area contributed by atoms with Crippen molar-refractivity contribution < 1.29 is 0 Å². The van der Waals surface area contributed by atoms with Crippen LogP contribution < -0.4 is 0 Å². The SMILES string of the molecule is N#C/C(=C\c1ccn(C2CCCC2)c1)c1ccc(Cl)cc1. The lowest BCUT2D eigenvalue weighted by molar-refractivity contribution is 0.521. The van der Waals surface area contributed by atoms with Crippen molar-refractivity contribution in [1.82, 2.24) is 4.57 Å². The Morgan fingerprint density at radius 3 is 2.57 bits per heavy atom. The molecule has 106 valence electrons. The van der Waals surface area contributed by atoms with Crippen LogP contribution in [0, 0.1) is 11.3 Å². The van der Waals surface area contributed by atoms with Gasteiger partial charge in [-0.2, -0.15) is 5.26 Å². The minimum Gasteiger partial charge on any atom is -0.351 e. The zero-order valence-corrected chi connectivity index (χ0v) is 12.6. The summed E-state index contributed by atoms with van der Waals surface area (Å²) >= 11 is 5.89. The van der Waals surface area contributed by atoms with Gasteiger partial charge in [0.1, 0.15) is 0 Å². The Morgan fingerprint density at radius 1 is 1.19 bits per heavy atom. The van der Waals surface area contributed by atoms with Crippen molar-refractivity contribution in [2.45, 2.75) is 31.7 Å². The molecule has 1 saturated carbocycles. The summed E-state index contributed by atoms with van der Waals surface area (Å²) in [5.74, 6) is 0. The van der Waals surface area contributed by atoms with E-state index >= 15 is 0 Å². The summed E-state index contributed by atoms with van der Waals surface area (Å²) in [7, 11) is 0. The molecule has 2 nitrogen and oxygen atoms in total. The molecular weight excluding hydrogens is 280 g/mol. The van der Waals surface area contributed by atoms with E-state index in [4.69, 9.17) is 11.6 Å². The highest BCUT2D eigenvalue weighted by molar-refractivity contribution is 6.30. The first-order valence-electron chi connectivity index (χ1n) is 7.31. The second-order valence-electron chi connectivity index (χ2n) is 5.51. The highest BCUT2D eigenvalue weighted by Gasteiger charge is 2.16. The molecule has 0 spiro atoms. The maximum absolute atomic E-state index is 9.37. The summed E-state index contributed by atoms with van der Waals surface area (Å²) in [6.45, 7) is 0. The van der Waals surface area contributed by atoms with Gasteiger partial charge in [0.05, 0.1) is 11.6 Å². The van der Waals surface area contributed by atoms with Crippen LogP contribution in [0.3, 0.4) is 0 Å². The fraction of sp³-hybridized carbons (Fsp3) is 0.278. The van der Waals surface area contributed by atoms with Crippen molar-refractivity contribution >= 4 is 23.3 Å². The molecule has 1 aromatic carbocycles. The van der Waals surface area contributed by atoms with Gasteiger partial charge in [0.15, 0.2) is 0 Å². The maximum atomic E-state index is 9.37. The molecule has 1 heterocycles. The molecule has 0 atom stereocenters. The number of benzene rings is 1. The van der Waals surface area contributed by atoms with Crippen molar-refractivity contribution in [3.8, 4) is 6.07 Å². The molecule has 0 radical (unpaired) electrons. The predicted octanol–water partition coefficient (Wildman–Crippen LogP) is 5.32. The van der Waals surface area contributed by atoms with Crippen LogP contribution in [0.25, 0.3) is 11.6 Å². The third-order valence-corrected chi connectivity index (χ3v) is 4.32. The Morgan fingerprint density at radius 2 is 1.90 bits per heavy atom. The molecule has 0 unspecified atom stereocenters. The molecular formula is C18H17ClN2. The highest BCUT2D eigenvalue weighted by atomic mass is 35.5. The first kappa shape index (κ1) is 14.0. The highest BCUT2D eigenvalue weighted by Crippen LogP contribution is 2.30. The summed E-state index contributed by atoms with van der Waals surface area (Å²) < 4.78 is 2.29. The molecule has 2 aromatic rings. The van der Waals surface area contributed by atoms with E-state index in [2.05, 4.69) is 29.1 Å². The third kappa shape index (κ3) is 3.20. The Kier molecular flexibility index (Phi) is 4.13. The van der Waals surface area contributed by atoms with Gasteiger partial charge in [-0.1, -0.05) is 36.6 Å². The molecule has 1 aliphatic carbocycles. The normalized spacial score (nSPS) is 16.1. The Hall–Kier alpha value is -1.98. The van der Waals surface area contributed by atoms with E-state index in [1.807, 2.05) is 30.3 Å². The molecule has 0 N–H and O–H groups in total. The summed E-state index contributed by atoms with van der Waals surface area (Å²) in [6, 6.07) is 12.4. The van der Waals surface area contributed by atoms with Crippen molar-refractivity contribution in [2.24, 2.45) is 0 Å². The summed E-state index contributed by atoms with van der Waals surface area (Å²) in [4.78, 5) is 0. The molecule has 0 aliphatic heterocycles. The van der Waals surface area contributed by atoms with Crippen LogP contribution in [0.1, 0.15) is 42.9 Å². The first-order chi connectivity index (χ1) is 10.3. The van der Waals surface area contributed by atoms with Crippen LogP contribution in [0.5, 0.6) is 0 Å². The molecule has 0 amide bonds. The molecule has 1 aromatic heterocycles. The van der Waals surface area contributed by atoms with Gasteiger partial charge < -0.3 is 4.57 Å². The molecule has 1 fully saturated rings. The van der Waals surface area contributed by atoms with E-state index in [1.54, 1.807) is 0 Å². The van der Waals surface area contributed by atoms with Crippen LogP contribution in [-0.2, 0) is 0 Å². The Labute approximate surface area is 130 Å². The topological polar surface area (TPSA) is 28.7 Å². The number of nitrogens with zero attached hydrogens (tertiary/aromatic N) is 2. The van der Waals surface area contributed by atoms with E-state index in [0.717, 1.165) is 11.1 Å². The van der Waals surface area contributed by atoms with Crippen LogP contribution >= 0.6 is 11.6 Å². The number of hydrogen-bond acceptors (Lipinski definition) is 1. The number of hydrogen-bond donors (Lipinski definition) is 0. The van der Waals surface area contributed by atoms with Crippen molar-refractivity contribution in [2.75, 3.05) is 0 Å². The van der Waals surface area contributed by atoms with Gasteiger partial charge in [0.25, 0.3) is 0 Å². The fourth-order valence-corrected chi connectivity index (χ4v) is 3.05. The smallest absolute Gasteiger partial charge is 0.0998 e. The predicted molar refractivity (Wildman–Crippen MR) is 86.9 cm³/mol. The number of allylic oxidation sites excluding steroid dienone is 1. The first-order valence-corrected chi connectivity index (χ1v) is 7.69. The monoisotopic (exact) mass is 296 g/mol. The minimum atomic E-state index is 0.633. The number of halogens is 1. The lowest BCUT2D eigenvalue weighted by Gasteiger charge is -2.10. The molecule has 3 rings (SSSR count). The standard InChI is InChI=1S/C18H17ClN2/c19-17-7-5-15(6-8-17)16(12-20)11-14-9-10-21(13-14)18-3-1-2-4-18/h5-11,13,18H,1-4H2/b16-11+. The Bertz CT molecular complexity index is 683.